The van der Waals surface area contributed by atoms with Gasteiger partial charge in [0.05, 0.1) is 65.5 Å². The molecule has 0 spiro atoms. The van der Waals surface area contributed by atoms with Crippen LogP contribution in [0.5, 0.6) is 0 Å². The number of ether oxygens (including phenoxy) is 1. The number of aromatic amines is 4. The number of anilines is 8. The third kappa shape index (κ3) is 16.0. The summed E-state index contributed by atoms with van der Waals surface area (Å²) in [6, 6.07) is 33.6. The van der Waals surface area contributed by atoms with Crippen LogP contribution in [0.2, 0.25) is 0 Å². The number of benzene rings is 4. The van der Waals surface area contributed by atoms with Crippen molar-refractivity contribution in [2.45, 2.75) is 81.2 Å². The molecule has 2 aliphatic carbocycles. The van der Waals surface area contributed by atoms with E-state index in [2.05, 4.69) is 149 Å². The third-order valence-electron chi connectivity index (χ3n) is 19.7. The molecule has 10 N–H and O–H groups in total. The minimum absolute atomic E-state index is 0.154. The number of hydrogen-bond donors (Lipinski definition) is 10. The lowest BCUT2D eigenvalue weighted by Gasteiger charge is -2.41. The fraction of sp³-hybridized carbons (Fsp3) is 0.244. The lowest BCUT2D eigenvalue weighted by Crippen LogP contribution is -2.55. The van der Waals surface area contributed by atoms with Crippen molar-refractivity contribution < 1.29 is 49.2 Å². The van der Waals surface area contributed by atoms with Gasteiger partial charge < -0.3 is 64.5 Å². The number of aromatic nitrogens is 17. The Morgan fingerprint density at radius 3 is 1.30 bits per heavy atom. The number of pyridine rings is 3. The van der Waals surface area contributed by atoms with Crippen LogP contribution in [0.25, 0.3) is 88.1 Å². The molecule has 580 valence electrons. The molecule has 0 atom stereocenters. The summed E-state index contributed by atoms with van der Waals surface area (Å²) >= 11 is 0. The van der Waals surface area contributed by atoms with Gasteiger partial charge in [-0.15, -0.1) is 0 Å². The van der Waals surface area contributed by atoms with E-state index in [0.717, 1.165) is 121 Å². The highest BCUT2D eigenvalue weighted by molar-refractivity contribution is 5.94. The number of halogens is 6. The van der Waals surface area contributed by atoms with Gasteiger partial charge in [0.15, 0.2) is 50.9 Å². The molecule has 0 radical (unpaired) electrons. The van der Waals surface area contributed by atoms with E-state index >= 15 is 0 Å². The number of nitrogens with one attached hydrogen (secondary N) is 10. The van der Waals surface area contributed by atoms with Crippen LogP contribution in [-0.4, -0.2) is 165 Å². The van der Waals surface area contributed by atoms with Crippen LogP contribution in [0.15, 0.2) is 207 Å². The van der Waals surface area contributed by atoms with Crippen LogP contribution >= 0.6 is 0 Å². The first kappa shape index (κ1) is 72.9. The first-order valence-electron chi connectivity index (χ1n) is 36.3. The van der Waals surface area contributed by atoms with Crippen LogP contribution in [0, 0.1) is 0 Å². The van der Waals surface area contributed by atoms with Gasteiger partial charge in [0, 0.05) is 199 Å². The molecule has 12 aromatic heterocycles. The first-order valence-corrected chi connectivity index (χ1v) is 36.3. The topological polar surface area (TPSA) is 371 Å². The fourth-order valence-corrected chi connectivity index (χ4v) is 13.8. The number of allylic oxidation sites excluding steroid dienone is 4. The zero-order valence-electron chi connectivity index (χ0n) is 60.7. The number of alkyl halides is 6. The van der Waals surface area contributed by atoms with Crippen LogP contribution in [0.3, 0.4) is 0 Å². The maximum Gasteiger partial charge on any atom is 0.282 e. The van der Waals surface area contributed by atoms with Crippen molar-refractivity contribution in [1.29, 1.82) is 0 Å². The average molecular weight is 1550 g/mol. The molecule has 4 aromatic carbocycles. The van der Waals surface area contributed by atoms with Gasteiger partial charge in [-0.05, 0) is 84.9 Å². The largest absolute Gasteiger partial charge is 0.385 e. The predicted molar refractivity (Wildman–Crippen MR) is 415 cm³/mol. The summed E-state index contributed by atoms with van der Waals surface area (Å²) in [6.45, 7) is 18.6. The van der Waals surface area contributed by atoms with Crippen molar-refractivity contribution >= 4 is 134 Å². The Balaban J connectivity index is 0.000000110. The molecule has 20 rings (SSSR count). The Morgan fingerprint density at radius 2 is 0.816 bits per heavy atom. The summed E-state index contributed by atoms with van der Waals surface area (Å²) in [7, 11) is 0. The van der Waals surface area contributed by atoms with E-state index in [4.69, 9.17) is 22.8 Å². The lowest BCUT2D eigenvalue weighted by molar-refractivity contribution is -0.116. The Labute approximate surface area is 641 Å². The Kier molecular flexibility index (Phi) is 19.4. The van der Waals surface area contributed by atoms with Crippen molar-refractivity contribution in [2.24, 2.45) is 0 Å². The summed E-state index contributed by atoms with van der Waals surface area (Å²) in [6.07, 6.45) is 9.53. The summed E-state index contributed by atoms with van der Waals surface area (Å²) in [5.74, 6) is -5.09. The second-order valence-corrected chi connectivity index (χ2v) is 28.2. The molecule has 2 saturated carbocycles. The molecule has 14 heterocycles. The van der Waals surface area contributed by atoms with E-state index in [1.807, 2.05) is 109 Å². The molecular formula is C78H71F6N25O5. The number of H-pyrrole nitrogens is 4. The normalized spacial score (nSPS) is 15.6. The summed E-state index contributed by atoms with van der Waals surface area (Å²) in [5.41, 5.74) is 16.7. The second-order valence-electron chi connectivity index (χ2n) is 28.2. The van der Waals surface area contributed by atoms with Crippen molar-refractivity contribution in [1.82, 2.24) is 107 Å². The van der Waals surface area contributed by atoms with Gasteiger partial charge in [0.2, 0.25) is 5.65 Å². The van der Waals surface area contributed by atoms with E-state index in [9.17, 15) is 26.3 Å². The molecule has 114 heavy (non-hydrogen) atoms. The van der Waals surface area contributed by atoms with E-state index < -0.39 is 17.8 Å². The maximum atomic E-state index is 13.0. The molecule has 2 aliphatic heterocycles. The second kappa shape index (κ2) is 30.4. The number of nitrogens with zero attached hydrogens (tertiary/aromatic N) is 15. The third-order valence-corrected chi connectivity index (χ3v) is 19.7. The molecule has 0 amide bonds. The molecule has 0 unspecified atom stereocenters. The summed E-state index contributed by atoms with van der Waals surface area (Å²) < 4.78 is 105. The quantitative estimate of drug-likeness (QED) is 0.0282. The monoisotopic (exact) mass is 1550 g/mol. The van der Waals surface area contributed by atoms with E-state index in [1.54, 1.807) is 35.9 Å². The number of fused-ring (bicyclic) bond motifs is 8. The number of hydrogen-bond acceptors (Lipinski definition) is 26. The predicted octanol–water partition coefficient (Wildman–Crippen LogP) is 15.0. The first-order chi connectivity index (χ1) is 55.2. The number of morpholine rings is 1. The molecule has 0 bridgehead atoms. The minimum Gasteiger partial charge on any atom is -0.385 e. The zero-order chi connectivity index (χ0) is 78.2. The number of likely N-dealkylation sites (tertiary alicyclic amines) is 1. The van der Waals surface area contributed by atoms with E-state index in [-0.39, 0.29) is 50.9 Å². The van der Waals surface area contributed by atoms with Gasteiger partial charge >= 0.3 is 0 Å². The van der Waals surface area contributed by atoms with Crippen LogP contribution < -0.4 is 31.9 Å². The molecule has 2 saturated heterocycles. The van der Waals surface area contributed by atoms with Crippen molar-refractivity contribution in [2.75, 3.05) is 60.7 Å². The molecular weight excluding hydrogens is 1480 g/mol. The van der Waals surface area contributed by atoms with Crippen LogP contribution in [0.4, 0.5) is 72.4 Å². The number of rotatable bonds is 22. The lowest BCUT2D eigenvalue weighted by atomic mass is 9.88. The highest BCUT2D eigenvalue weighted by Crippen LogP contribution is 2.41. The molecule has 36 heteroatoms. The minimum atomic E-state index is -2.62. The Morgan fingerprint density at radius 1 is 0.412 bits per heavy atom. The van der Waals surface area contributed by atoms with Gasteiger partial charge in [0.1, 0.15) is 16.9 Å². The Bertz CT molecular complexity index is 6060. The van der Waals surface area contributed by atoms with Gasteiger partial charge in [-0.25, -0.2) is 41.3 Å². The maximum absolute atomic E-state index is 13.0. The summed E-state index contributed by atoms with van der Waals surface area (Å²) in [5, 5.41) is 68.5. The smallest absolute Gasteiger partial charge is 0.282 e. The van der Waals surface area contributed by atoms with E-state index in [0.29, 0.717) is 111 Å². The van der Waals surface area contributed by atoms with Gasteiger partial charge in [-0.1, -0.05) is 46.9 Å². The van der Waals surface area contributed by atoms with Crippen molar-refractivity contribution in [3.63, 3.8) is 0 Å². The zero-order valence-corrected chi connectivity index (χ0v) is 60.7. The van der Waals surface area contributed by atoms with Crippen LogP contribution in [0.1, 0.15) is 48.5 Å². The van der Waals surface area contributed by atoms with Crippen molar-refractivity contribution in [3.05, 3.63) is 212 Å². The SMILES string of the molecule is C=C(Cc1noc2cc(Nc3[nH]nc4ncccc34)ccc12)NC1CC(F)(F)C1.C=C(Cc1noc2cc(Nc3[nH]nc4nccnc34)ccc12)NC1CC(F)(F)C1.C=C(Cc1noc2cc(Nc3n[nH]c4cccnc34)ccc12)N1CC(F)(F)C1.C=C(Cc1noc2cc(Nc3n[nH]c4cccnc34)ccc12)N1CCOCC1. The highest BCUT2D eigenvalue weighted by Gasteiger charge is 2.47. The van der Waals surface area contributed by atoms with Crippen LogP contribution in [-0.2, 0) is 30.4 Å². The highest BCUT2D eigenvalue weighted by atomic mass is 19.3. The molecule has 16 aromatic rings. The van der Waals surface area contributed by atoms with Gasteiger partial charge in [-0.2, -0.15) is 20.4 Å². The van der Waals surface area contributed by atoms with Gasteiger partial charge in [0.25, 0.3) is 17.8 Å². The molecule has 30 nitrogen and oxygen atoms in total. The summed E-state index contributed by atoms with van der Waals surface area (Å²) in [4.78, 5) is 25.1. The molecule has 4 aliphatic rings. The molecule has 4 fully saturated rings. The van der Waals surface area contributed by atoms with E-state index in [1.165, 1.54) is 0 Å². The fourth-order valence-electron chi connectivity index (χ4n) is 13.8. The average Bonchev–Trinajstić information content (AvgIpc) is 1.67. The Hall–Kier alpha value is -13.9. The van der Waals surface area contributed by atoms with Crippen molar-refractivity contribution in [3.8, 4) is 0 Å². The van der Waals surface area contributed by atoms with Gasteiger partial charge in [-0.3, -0.25) is 30.4 Å². The standard InChI is InChI=1S/C20H18F2N6O.C20H20N6O2.C19H17F2N7O.C19H16F2N6O/c1-11(24-13-9-20(21,22)10-13)7-16-14-5-4-12(8-17(14)29-28-16)25-19-15-3-2-6-23-18(15)26-27-19;1-13(26-7-9-27-10-8-26)11-17-15-5-4-14(12-18(15)28-25-17)22-20-19-16(23-24-20)3-2-6-21-19;1-10(24-12-8-19(20,21)9-12)6-14-13-3-2-11(7-15(13)29-28-14)25-18-16-17(26-27-18)23-5-4-22-16;1-11(27-9-19(20,21)10-27)7-15-13-5-4-12(8-16(13)28-26-15)23-18-17-14(24-25-18)3-2-6-22-17/h2-6,8,13,24H,1,7,9-10H2,(H2,23,25,26,27);2-6,12H,1,7-11H2,(H2,22,23,24);2-5,7,12,24H,1,6,8-9H2,(H2,23,25,26,27);2-6,8H,1,7,9-10H2,(H2,23,24,25).